The molecule has 1 aromatic carbocycles. The highest BCUT2D eigenvalue weighted by Gasteiger charge is 2.28. The van der Waals surface area contributed by atoms with Crippen molar-refractivity contribution in [2.75, 3.05) is 45.8 Å². The Balaban J connectivity index is 1.41. The Kier molecular flexibility index (Phi) is 9.19. The monoisotopic (exact) mass is 427 g/mol. The average molecular weight is 428 g/mol. The summed E-state index contributed by atoms with van der Waals surface area (Å²) in [6.07, 6.45) is 5.25. The summed E-state index contributed by atoms with van der Waals surface area (Å²) >= 11 is 0. The van der Waals surface area contributed by atoms with Crippen molar-refractivity contribution in [3.05, 3.63) is 35.9 Å². The van der Waals surface area contributed by atoms with Crippen LogP contribution in [-0.2, 0) is 4.79 Å². The molecular weight excluding hydrogens is 386 g/mol. The van der Waals surface area contributed by atoms with Gasteiger partial charge in [0.05, 0.1) is 0 Å². The molecule has 2 unspecified atom stereocenters. The lowest BCUT2D eigenvalue weighted by Crippen LogP contribution is -2.48. The number of nitrogens with zero attached hydrogens (tertiary/aromatic N) is 3. The zero-order chi connectivity index (χ0) is 22.1. The molecule has 6 nitrogen and oxygen atoms in total. The summed E-state index contributed by atoms with van der Waals surface area (Å²) in [4.78, 5) is 21.1. The van der Waals surface area contributed by atoms with Gasteiger partial charge < -0.3 is 20.9 Å². The molecule has 6 heteroatoms. The Morgan fingerprint density at radius 2 is 1.87 bits per heavy atom. The van der Waals surface area contributed by atoms with Gasteiger partial charge in [0.1, 0.15) is 0 Å². The maximum atomic E-state index is 11.3. The molecule has 0 spiro atoms. The summed E-state index contributed by atoms with van der Waals surface area (Å²) in [5.41, 5.74) is 6.90. The Labute approximate surface area is 188 Å². The van der Waals surface area contributed by atoms with Crippen molar-refractivity contribution in [1.29, 1.82) is 0 Å². The Bertz CT molecular complexity index is 699. The fourth-order valence-electron chi connectivity index (χ4n) is 5.03. The molecule has 1 amide bonds. The summed E-state index contributed by atoms with van der Waals surface area (Å²) in [6.45, 7) is 11.5. The number of primary amides is 1. The number of aliphatic imine (C=N–C) groups is 1. The van der Waals surface area contributed by atoms with E-state index in [1.54, 1.807) is 0 Å². The lowest BCUT2D eigenvalue weighted by molar-refractivity contribution is -0.123. The lowest BCUT2D eigenvalue weighted by atomic mass is 9.82. The van der Waals surface area contributed by atoms with Crippen molar-refractivity contribution < 1.29 is 4.79 Å². The fourth-order valence-corrected chi connectivity index (χ4v) is 5.03. The van der Waals surface area contributed by atoms with Gasteiger partial charge in [-0.2, -0.15) is 0 Å². The highest BCUT2D eigenvalue weighted by Crippen LogP contribution is 2.32. The number of likely N-dealkylation sites (tertiary alicyclic amines) is 2. The quantitative estimate of drug-likeness (QED) is 0.380. The van der Waals surface area contributed by atoms with Crippen molar-refractivity contribution in [1.82, 2.24) is 15.1 Å². The van der Waals surface area contributed by atoms with E-state index >= 15 is 0 Å². The van der Waals surface area contributed by atoms with Gasteiger partial charge in [-0.15, -0.1) is 0 Å². The van der Waals surface area contributed by atoms with Crippen molar-refractivity contribution >= 4 is 11.9 Å². The summed E-state index contributed by atoms with van der Waals surface area (Å²) in [6, 6.07) is 10.9. The number of nitrogens with two attached hydrogens (primary N) is 1. The van der Waals surface area contributed by atoms with Crippen LogP contribution >= 0.6 is 0 Å². The molecule has 3 N–H and O–H groups in total. The van der Waals surface area contributed by atoms with Gasteiger partial charge in [-0.1, -0.05) is 37.3 Å². The summed E-state index contributed by atoms with van der Waals surface area (Å²) in [7, 11) is 0. The molecule has 2 atom stereocenters. The van der Waals surface area contributed by atoms with Crippen LogP contribution in [0.5, 0.6) is 0 Å². The van der Waals surface area contributed by atoms with Gasteiger partial charge in [0.15, 0.2) is 5.96 Å². The lowest BCUT2D eigenvalue weighted by Gasteiger charge is -2.39. The number of guanidine groups is 1. The fraction of sp³-hybridized carbons (Fsp3) is 0.680. The molecule has 2 fully saturated rings. The van der Waals surface area contributed by atoms with E-state index in [9.17, 15) is 4.79 Å². The smallest absolute Gasteiger partial charge is 0.220 e. The molecule has 31 heavy (non-hydrogen) atoms. The molecule has 0 saturated carbocycles. The molecule has 1 aromatic rings. The van der Waals surface area contributed by atoms with Gasteiger partial charge >= 0.3 is 0 Å². The van der Waals surface area contributed by atoms with E-state index in [1.807, 2.05) is 0 Å². The van der Waals surface area contributed by atoms with Crippen LogP contribution in [-0.4, -0.2) is 67.5 Å². The molecule has 0 aliphatic carbocycles. The third-order valence-electron chi connectivity index (χ3n) is 6.90. The minimum atomic E-state index is -0.132. The number of unbranched alkanes of at least 4 members (excludes halogenated alkanes) is 1. The van der Waals surface area contributed by atoms with E-state index in [4.69, 9.17) is 10.7 Å². The van der Waals surface area contributed by atoms with E-state index in [-0.39, 0.29) is 11.8 Å². The molecule has 172 valence electrons. The van der Waals surface area contributed by atoms with Gasteiger partial charge in [-0.05, 0) is 76.1 Å². The SMILES string of the molecule is CCNC(=NCCCCN1CCC(C(N)=O)CC1)N1CCC(c2ccccc2)C(C)C1. The highest BCUT2D eigenvalue weighted by molar-refractivity contribution is 5.80. The molecule has 2 heterocycles. The third kappa shape index (κ3) is 6.96. The number of carbonyl (C=O) groups excluding carboxylic acids is 1. The van der Waals surface area contributed by atoms with Crippen LogP contribution < -0.4 is 11.1 Å². The van der Waals surface area contributed by atoms with Gasteiger partial charge in [0.25, 0.3) is 0 Å². The van der Waals surface area contributed by atoms with Gasteiger partial charge in [-0.3, -0.25) is 9.79 Å². The maximum absolute atomic E-state index is 11.3. The summed E-state index contributed by atoms with van der Waals surface area (Å²) in [5.74, 6) is 2.27. The molecule has 3 rings (SSSR count). The minimum Gasteiger partial charge on any atom is -0.369 e. The second-order valence-corrected chi connectivity index (χ2v) is 9.19. The van der Waals surface area contributed by atoms with Crippen LogP contribution in [0.15, 0.2) is 35.3 Å². The molecule has 2 aliphatic heterocycles. The first kappa shape index (κ1) is 23.6. The van der Waals surface area contributed by atoms with Crippen LogP contribution in [0.3, 0.4) is 0 Å². The minimum absolute atomic E-state index is 0.0805. The second-order valence-electron chi connectivity index (χ2n) is 9.19. The standard InChI is InChI=1S/C25H41N5O/c1-3-27-25(28-14-7-8-15-29-16-11-22(12-17-29)24(26)31)30-18-13-23(20(2)19-30)21-9-5-4-6-10-21/h4-6,9-10,20,22-23H,3,7-8,11-19H2,1-2H3,(H2,26,31)(H,27,28). The van der Waals surface area contributed by atoms with Crippen molar-refractivity contribution in [2.45, 2.75) is 51.9 Å². The molecule has 2 saturated heterocycles. The van der Waals surface area contributed by atoms with Crippen LogP contribution in [0.4, 0.5) is 0 Å². The normalized spacial score (nSPS) is 23.7. The van der Waals surface area contributed by atoms with E-state index in [0.717, 1.165) is 77.5 Å². The van der Waals surface area contributed by atoms with E-state index < -0.39 is 0 Å². The third-order valence-corrected chi connectivity index (χ3v) is 6.90. The van der Waals surface area contributed by atoms with Crippen LogP contribution in [0.25, 0.3) is 0 Å². The zero-order valence-electron chi connectivity index (χ0n) is 19.4. The molecule has 2 aliphatic rings. The predicted molar refractivity (Wildman–Crippen MR) is 128 cm³/mol. The second kappa shape index (κ2) is 12.1. The van der Waals surface area contributed by atoms with Crippen molar-refractivity contribution in [3.8, 4) is 0 Å². The molecule has 0 radical (unpaired) electrons. The first-order chi connectivity index (χ1) is 15.1. The Hall–Kier alpha value is -2.08. The number of benzene rings is 1. The van der Waals surface area contributed by atoms with Crippen LogP contribution in [0, 0.1) is 11.8 Å². The van der Waals surface area contributed by atoms with Gasteiger partial charge in [0, 0.05) is 32.1 Å². The van der Waals surface area contributed by atoms with Gasteiger partial charge in [-0.25, -0.2) is 0 Å². The Morgan fingerprint density at radius 3 is 2.52 bits per heavy atom. The van der Waals surface area contributed by atoms with Crippen molar-refractivity contribution in [2.24, 2.45) is 22.6 Å². The number of amides is 1. The molecule has 0 aromatic heterocycles. The topological polar surface area (TPSA) is 74.0 Å². The summed E-state index contributed by atoms with van der Waals surface area (Å²) in [5, 5.41) is 3.50. The largest absolute Gasteiger partial charge is 0.369 e. The van der Waals surface area contributed by atoms with E-state index in [0.29, 0.717) is 11.8 Å². The zero-order valence-corrected chi connectivity index (χ0v) is 19.4. The van der Waals surface area contributed by atoms with Crippen LogP contribution in [0.1, 0.15) is 57.4 Å². The number of nitrogens with one attached hydrogen (secondary N) is 1. The molecule has 0 bridgehead atoms. The first-order valence-electron chi connectivity index (χ1n) is 12.2. The van der Waals surface area contributed by atoms with E-state index in [2.05, 4.69) is 59.3 Å². The number of hydrogen-bond acceptors (Lipinski definition) is 3. The summed E-state index contributed by atoms with van der Waals surface area (Å²) < 4.78 is 0. The van der Waals surface area contributed by atoms with Gasteiger partial charge in [0.2, 0.25) is 5.91 Å². The average Bonchev–Trinajstić information content (AvgIpc) is 2.79. The first-order valence-corrected chi connectivity index (χ1v) is 12.2. The molecular formula is C25H41N5O. The number of hydrogen-bond donors (Lipinski definition) is 2. The number of piperidine rings is 2. The number of rotatable bonds is 8. The van der Waals surface area contributed by atoms with E-state index in [1.165, 1.54) is 12.0 Å². The predicted octanol–water partition coefficient (Wildman–Crippen LogP) is 3.06. The maximum Gasteiger partial charge on any atom is 0.220 e. The van der Waals surface area contributed by atoms with Crippen molar-refractivity contribution in [3.63, 3.8) is 0 Å². The highest BCUT2D eigenvalue weighted by atomic mass is 16.1. The number of carbonyl (C=O) groups is 1. The van der Waals surface area contributed by atoms with Crippen LogP contribution in [0.2, 0.25) is 0 Å². The Morgan fingerprint density at radius 1 is 1.13 bits per heavy atom.